The second-order valence-electron chi connectivity index (χ2n) is 3.75. The lowest BCUT2D eigenvalue weighted by atomic mass is 9.81. The molecule has 2 atom stereocenters. The van der Waals surface area contributed by atoms with E-state index in [0.717, 1.165) is 11.8 Å². The molecule has 0 spiro atoms. The molecule has 0 aromatic carbocycles. The van der Waals surface area contributed by atoms with Crippen molar-refractivity contribution in [1.29, 1.82) is 0 Å². The summed E-state index contributed by atoms with van der Waals surface area (Å²) in [5.41, 5.74) is 3.61. The maximum atomic E-state index is 2.37. The van der Waals surface area contributed by atoms with E-state index in [9.17, 15) is 0 Å². The minimum atomic E-state index is 0.949. The number of hydrogen-bond donors (Lipinski definition) is 0. The van der Waals surface area contributed by atoms with E-state index < -0.39 is 0 Å². The Hall–Kier alpha value is -0.260. The molecule has 1 unspecified atom stereocenters. The van der Waals surface area contributed by atoms with Crippen molar-refractivity contribution in [3.63, 3.8) is 0 Å². The van der Waals surface area contributed by atoms with Crippen molar-refractivity contribution in [3.05, 3.63) is 11.1 Å². The van der Waals surface area contributed by atoms with Gasteiger partial charge in [0.25, 0.3) is 0 Å². The van der Waals surface area contributed by atoms with Gasteiger partial charge in [0.1, 0.15) is 0 Å². The van der Waals surface area contributed by atoms with Gasteiger partial charge in [0.05, 0.1) is 0 Å². The molecule has 0 aromatic rings. The quantitative estimate of drug-likeness (QED) is 0.433. The van der Waals surface area contributed by atoms with Crippen LogP contribution in [0.5, 0.6) is 0 Å². The van der Waals surface area contributed by atoms with Gasteiger partial charge in [-0.15, -0.1) is 0 Å². The smallest absolute Gasteiger partial charge is 0.0192 e. The van der Waals surface area contributed by atoms with Crippen molar-refractivity contribution >= 4 is 0 Å². The first-order valence-corrected chi connectivity index (χ1v) is 3.98. The summed E-state index contributed by atoms with van der Waals surface area (Å²) in [6.07, 6.45) is 4.25. The minimum absolute atomic E-state index is 0.949. The van der Waals surface area contributed by atoms with Crippen LogP contribution < -0.4 is 0 Å². The molecule has 50 valence electrons. The van der Waals surface area contributed by atoms with Crippen LogP contribution in [0.2, 0.25) is 0 Å². The van der Waals surface area contributed by atoms with Crippen molar-refractivity contribution in [2.24, 2.45) is 11.8 Å². The van der Waals surface area contributed by atoms with Crippen molar-refractivity contribution in [1.82, 2.24) is 0 Å². The Balaban J connectivity index is 2.15. The SMILES string of the molecule is CC1CC2=C1C[C@H](C)C2. The molecule has 0 heterocycles. The van der Waals surface area contributed by atoms with Crippen molar-refractivity contribution in [2.75, 3.05) is 0 Å². The minimum Gasteiger partial charge on any atom is -0.0699 e. The van der Waals surface area contributed by atoms with E-state index >= 15 is 0 Å². The summed E-state index contributed by atoms with van der Waals surface area (Å²) in [5, 5.41) is 0. The number of hydrogen-bond acceptors (Lipinski definition) is 0. The van der Waals surface area contributed by atoms with Crippen molar-refractivity contribution in [3.8, 4) is 0 Å². The average Bonchev–Trinajstić information content (AvgIpc) is 2.08. The Kier molecular flexibility index (Phi) is 0.992. The van der Waals surface area contributed by atoms with Crippen molar-refractivity contribution in [2.45, 2.75) is 33.1 Å². The van der Waals surface area contributed by atoms with Gasteiger partial charge in [-0.05, 0) is 31.1 Å². The molecule has 2 aliphatic carbocycles. The third kappa shape index (κ3) is 0.654. The summed E-state index contributed by atoms with van der Waals surface area (Å²) in [4.78, 5) is 0. The first kappa shape index (κ1) is 5.52. The molecule has 0 saturated heterocycles. The first-order chi connectivity index (χ1) is 4.27. The first-order valence-electron chi connectivity index (χ1n) is 3.98. The summed E-state index contributed by atoms with van der Waals surface area (Å²) < 4.78 is 0. The maximum Gasteiger partial charge on any atom is -0.0192 e. The molecule has 0 amide bonds. The molecular weight excluding hydrogens is 108 g/mol. The lowest BCUT2D eigenvalue weighted by Crippen LogP contribution is -2.10. The highest BCUT2D eigenvalue weighted by Crippen LogP contribution is 2.47. The van der Waals surface area contributed by atoms with Crippen LogP contribution in [0, 0.1) is 11.8 Å². The Morgan fingerprint density at radius 1 is 1.11 bits per heavy atom. The van der Waals surface area contributed by atoms with Gasteiger partial charge >= 0.3 is 0 Å². The van der Waals surface area contributed by atoms with Gasteiger partial charge < -0.3 is 0 Å². The summed E-state index contributed by atoms with van der Waals surface area (Å²) >= 11 is 0. The van der Waals surface area contributed by atoms with Crippen LogP contribution in [0.15, 0.2) is 11.1 Å². The molecule has 0 radical (unpaired) electrons. The van der Waals surface area contributed by atoms with E-state index in [1.807, 2.05) is 5.57 Å². The van der Waals surface area contributed by atoms with E-state index in [0.29, 0.717) is 0 Å². The van der Waals surface area contributed by atoms with Gasteiger partial charge in [-0.25, -0.2) is 0 Å². The van der Waals surface area contributed by atoms with E-state index in [1.54, 1.807) is 5.57 Å². The predicted octanol–water partition coefficient (Wildman–Crippen LogP) is 2.75. The van der Waals surface area contributed by atoms with E-state index in [2.05, 4.69) is 13.8 Å². The Morgan fingerprint density at radius 2 is 1.89 bits per heavy atom. The second-order valence-corrected chi connectivity index (χ2v) is 3.75. The fraction of sp³-hybridized carbons (Fsp3) is 0.778. The van der Waals surface area contributed by atoms with Crippen molar-refractivity contribution < 1.29 is 0 Å². The molecular formula is C9H14. The summed E-state index contributed by atoms with van der Waals surface area (Å²) in [6, 6.07) is 0. The highest BCUT2D eigenvalue weighted by molar-refractivity contribution is 5.32. The van der Waals surface area contributed by atoms with E-state index in [1.165, 1.54) is 19.3 Å². The summed E-state index contributed by atoms with van der Waals surface area (Å²) in [6.45, 7) is 4.72. The number of rotatable bonds is 0. The van der Waals surface area contributed by atoms with Crippen LogP contribution >= 0.6 is 0 Å². The Labute approximate surface area is 57.0 Å². The van der Waals surface area contributed by atoms with Crippen LogP contribution in [-0.2, 0) is 0 Å². The van der Waals surface area contributed by atoms with Gasteiger partial charge in [-0.1, -0.05) is 25.0 Å². The fourth-order valence-corrected chi connectivity index (χ4v) is 2.27. The molecule has 2 aliphatic rings. The third-order valence-corrected chi connectivity index (χ3v) is 2.76. The zero-order valence-corrected chi connectivity index (χ0v) is 6.28. The Bertz CT molecular complexity index is 165. The van der Waals surface area contributed by atoms with Crippen LogP contribution in [0.3, 0.4) is 0 Å². The molecule has 0 aliphatic heterocycles. The Morgan fingerprint density at radius 3 is 2.33 bits per heavy atom. The largest absolute Gasteiger partial charge is 0.0699 e. The molecule has 9 heavy (non-hydrogen) atoms. The van der Waals surface area contributed by atoms with E-state index in [-0.39, 0.29) is 0 Å². The van der Waals surface area contributed by atoms with Gasteiger partial charge in [0, 0.05) is 0 Å². The molecule has 0 N–H and O–H groups in total. The van der Waals surface area contributed by atoms with Crippen LogP contribution in [0.1, 0.15) is 33.1 Å². The zero-order chi connectivity index (χ0) is 6.43. The second kappa shape index (κ2) is 1.62. The fourth-order valence-electron chi connectivity index (χ4n) is 2.27. The summed E-state index contributed by atoms with van der Waals surface area (Å²) in [5.74, 6) is 1.92. The topological polar surface area (TPSA) is 0 Å². The zero-order valence-electron chi connectivity index (χ0n) is 6.28. The van der Waals surface area contributed by atoms with E-state index in [4.69, 9.17) is 0 Å². The molecule has 0 heteroatoms. The third-order valence-electron chi connectivity index (χ3n) is 2.76. The molecule has 0 fully saturated rings. The number of allylic oxidation sites excluding steroid dienone is 2. The lowest BCUT2D eigenvalue weighted by Gasteiger charge is -2.25. The van der Waals surface area contributed by atoms with Gasteiger partial charge in [-0.3, -0.25) is 0 Å². The normalized spacial score (nSPS) is 40.7. The van der Waals surface area contributed by atoms with Crippen LogP contribution in [0.4, 0.5) is 0 Å². The molecule has 2 rings (SSSR count). The average molecular weight is 122 g/mol. The highest BCUT2D eigenvalue weighted by Gasteiger charge is 2.32. The van der Waals surface area contributed by atoms with Crippen LogP contribution in [0.25, 0.3) is 0 Å². The van der Waals surface area contributed by atoms with Gasteiger partial charge in [0.15, 0.2) is 0 Å². The van der Waals surface area contributed by atoms with Crippen LogP contribution in [-0.4, -0.2) is 0 Å². The molecule has 0 aromatic heterocycles. The lowest BCUT2D eigenvalue weighted by molar-refractivity contribution is 0.578. The standard InChI is InChI=1S/C9H14/c1-6-3-8-5-7(2)9(8)4-6/h6-7H,3-5H2,1-2H3/t6-,7?/m1/s1. The monoisotopic (exact) mass is 122 g/mol. The van der Waals surface area contributed by atoms with Gasteiger partial charge in [-0.2, -0.15) is 0 Å². The molecule has 0 nitrogen and oxygen atoms in total. The maximum absolute atomic E-state index is 2.37. The predicted molar refractivity (Wildman–Crippen MR) is 39.2 cm³/mol. The molecule has 0 saturated carbocycles. The summed E-state index contributed by atoms with van der Waals surface area (Å²) in [7, 11) is 0. The van der Waals surface area contributed by atoms with Gasteiger partial charge in [0.2, 0.25) is 0 Å². The highest BCUT2D eigenvalue weighted by atomic mass is 14.4. The molecule has 0 bridgehead atoms.